The Hall–Kier alpha value is -0.570. The van der Waals surface area contributed by atoms with E-state index >= 15 is 0 Å². The second-order valence-electron chi connectivity index (χ2n) is 2.05. The number of ether oxygens (including phenoxy) is 1. The fourth-order valence-electron chi connectivity index (χ4n) is 0.463. The van der Waals surface area contributed by atoms with Crippen LogP contribution in [0.3, 0.4) is 0 Å². The second kappa shape index (κ2) is 4.32. The molecule has 3 N–H and O–H groups in total. The summed E-state index contributed by atoms with van der Waals surface area (Å²) in [5.74, 6) is -0.170. The first-order valence-corrected chi connectivity index (χ1v) is 3.10. The van der Waals surface area contributed by atoms with Crippen molar-refractivity contribution < 1.29 is 15.3 Å². The van der Waals surface area contributed by atoms with E-state index in [1.54, 1.807) is 0 Å². The van der Waals surface area contributed by atoms with Crippen molar-refractivity contribution in [1.29, 1.82) is 0 Å². The molecule has 0 saturated carbocycles. The molecule has 0 aromatic rings. The lowest BCUT2D eigenvalue weighted by Gasteiger charge is -2.01. The number of hydrogen-bond acceptors (Lipinski definition) is 2. The Balaban J connectivity index is 3.34. The fourth-order valence-corrected chi connectivity index (χ4v) is 0.463. The van der Waals surface area contributed by atoms with Crippen LogP contribution >= 0.6 is 0 Å². The van der Waals surface area contributed by atoms with E-state index in [0.717, 1.165) is 6.42 Å². The fraction of sp³-hybridized carbons (Fsp3) is 0.833. The molecule has 0 rings (SSSR count). The molecule has 0 aromatic heterocycles. The number of hydrogen-bond donors (Lipinski definition) is 1. The Morgan fingerprint density at radius 1 is 1.78 bits per heavy atom. The summed E-state index contributed by atoms with van der Waals surface area (Å²) in [6.07, 6.45) is 1.36. The largest absolute Gasteiger partial charge is 0.469 e. The normalized spacial score (nSPS) is 12.8. The molecule has 0 aliphatic heterocycles. The van der Waals surface area contributed by atoms with E-state index in [-0.39, 0.29) is 12.0 Å². The molecule has 0 amide bonds. The zero-order chi connectivity index (χ0) is 7.28. The van der Waals surface area contributed by atoms with Gasteiger partial charge in [-0.05, 0) is 6.42 Å². The van der Waals surface area contributed by atoms with Gasteiger partial charge in [-0.25, -0.2) is 0 Å². The first kappa shape index (κ1) is 8.43. The number of methoxy groups -OCH3 is 1. The molecule has 3 nitrogen and oxygen atoms in total. The molecule has 0 saturated heterocycles. The van der Waals surface area contributed by atoms with Crippen LogP contribution in [-0.4, -0.2) is 19.1 Å². The van der Waals surface area contributed by atoms with E-state index < -0.39 is 0 Å². The maximum absolute atomic E-state index is 10.5. The highest BCUT2D eigenvalue weighted by molar-refractivity contribution is 5.69. The van der Waals surface area contributed by atoms with Gasteiger partial charge in [-0.15, -0.1) is 0 Å². The van der Waals surface area contributed by atoms with E-state index in [9.17, 15) is 4.79 Å². The molecule has 0 aliphatic carbocycles. The van der Waals surface area contributed by atoms with Gasteiger partial charge in [0.25, 0.3) is 0 Å². The predicted octanol–water partition coefficient (Wildman–Crippen LogP) is -0.430. The average Bonchev–Trinajstić information content (AvgIpc) is 1.87. The van der Waals surface area contributed by atoms with Gasteiger partial charge in [0.2, 0.25) is 0 Å². The topological polar surface area (TPSA) is 53.9 Å². The summed E-state index contributed by atoms with van der Waals surface area (Å²) >= 11 is 0. The molecule has 0 fully saturated rings. The van der Waals surface area contributed by atoms with E-state index in [2.05, 4.69) is 10.5 Å². The highest BCUT2D eigenvalue weighted by Gasteiger charge is 2.08. The standard InChI is InChI=1S/C6H13NO2/c1-3-5(7)4-6(8)9-2/h5H,3-4,7H2,1-2H3/p+1/t5-/m1/s1. The van der Waals surface area contributed by atoms with Crippen molar-refractivity contribution in [3.8, 4) is 0 Å². The lowest BCUT2D eigenvalue weighted by Crippen LogP contribution is -2.61. The van der Waals surface area contributed by atoms with Gasteiger partial charge in [-0.2, -0.15) is 0 Å². The lowest BCUT2D eigenvalue weighted by molar-refractivity contribution is -0.419. The average molecular weight is 132 g/mol. The Morgan fingerprint density at radius 3 is 2.67 bits per heavy atom. The smallest absolute Gasteiger partial charge is 0.311 e. The van der Waals surface area contributed by atoms with E-state index in [0.29, 0.717) is 6.42 Å². The Kier molecular flexibility index (Phi) is 4.05. The van der Waals surface area contributed by atoms with Crippen LogP contribution in [0.5, 0.6) is 0 Å². The molecule has 0 heterocycles. The first-order valence-electron chi connectivity index (χ1n) is 3.10. The molecule has 54 valence electrons. The number of esters is 1. The van der Waals surface area contributed by atoms with Crippen molar-refractivity contribution in [3.05, 3.63) is 0 Å². The molecule has 0 radical (unpaired) electrons. The summed E-state index contributed by atoms with van der Waals surface area (Å²) in [4.78, 5) is 10.5. The molecular weight excluding hydrogens is 118 g/mol. The quantitative estimate of drug-likeness (QED) is 0.530. The van der Waals surface area contributed by atoms with Crippen molar-refractivity contribution in [3.63, 3.8) is 0 Å². The van der Waals surface area contributed by atoms with Gasteiger partial charge in [-0.3, -0.25) is 4.79 Å². The molecule has 3 heteroatoms. The van der Waals surface area contributed by atoms with E-state index in [4.69, 9.17) is 0 Å². The minimum Gasteiger partial charge on any atom is -0.469 e. The maximum Gasteiger partial charge on any atom is 0.311 e. The van der Waals surface area contributed by atoms with Gasteiger partial charge in [0, 0.05) is 0 Å². The molecule has 1 atom stereocenters. The summed E-state index contributed by atoms with van der Waals surface area (Å²) in [7, 11) is 1.39. The van der Waals surface area contributed by atoms with E-state index in [1.165, 1.54) is 7.11 Å². The molecule has 0 aliphatic rings. The van der Waals surface area contributed by atoms with Gasteiger partial charge in [0.15, 0.2) is 0 Å². The molecule has 0 unspecified atom stereocenters. The highest BCUT2D eigenvalue weighted by Crippen LogP contribution is 1.91. The second-order valence-corrected chi connectivity index (χ2v) is 2.05. The molecule has 0 bridgehead atoms. The Morgan fingerprint density at radius 2 is 2.33 bits per heavy atom. The monoisotopic (exact) mass is 132 g/mol. The molecular formula is C6H14NO2+. The number of carbonyl (C=O) groups is 1. The van der Waals surface area contributed by atoms with Crippen LogP contribution in [0.15, 0.2) is 0 Å². The maximum atomic E-state index is 10.5. The van der Waals surface area contributed by atoms with Crippen LogP contribution in [0, 0.1) is 0 Å². The van der Waals surface area contributed by atoms with Gasteiger partial charge in [0.05, 0.1) is 19.6 Å². The summed E-state index contributed by atoms with van der Waals surface area (Å²) in [6.45, 7) is 2.00. The molecule has 0 spiro atoms. The van der Waals surface area contributed by atoms with Gasteiger partial charge in [0.1, 0.15) is 0 Å². The number of quaternary nitrogens is 1. The van der Waals surface area contributed by atoms with E-state index in [1.807, 2.05) is 6.92 Å². The number of rotatable bonds is 3. The zero-order valence-corrected chi connectivity index (χ0v) is 6.02. The summed E-state index contributed by atoms with van der Waals surface area (Å²) in [6, 6.07) is 0.206. The van der Waals surface area contributed by atoms with Gasteiger partial charge >= 0.3 is 5.97 Å². The van der Waals surface area contributed by atoms with Crippen molar-refractivity contribution in [2.75, 3.05) is 7.11 Å². The lowest BCUT2D eigenvalue weighted by atomic mass is 10.2. The van der Waals surface area contributed by atoms with Gasteiger partial charge < -0.3 is 10.5 Å². The summed E-state index contributed by atoms with van der Waals surface area (Å²) in [5, 5.41) is 0. The van der Waals surface area contributed by atoms with Crippen LogP contribution in [-0.2, 0) is 9.53 Å². The van der Waals surface area contributed by atoms with Crippen molar-refractivity contribution in [2.24, 2.45) is 0 Å². The van der Waals surface area contributed by atoms with Crippen molar-refractivity contribution >= 4 is 5.97 Å². The minimum absolute atomic E-state index is 0.170. The van der Waals surface area contributed by atoms with Crippen LogP contribution in [0.2, 0.25) is 0 Å². The minimum atomic E-state index is -0.170. The van der Waals surface area contributed by atoms with Crippen LogP contribution < -0.4 is 5.73 Å². The van der Waals surface area contributed by atoms with Gasteiger partial charge in [-0.1, -0.05) is 6.92 Å². The van der Waals surface area contributed by atoms with Crippen molar-refractivity contribution in [1.82, 2.24) is 0 Å². The zero-order valence-electron chi connectivity index (χ0n) is 6.02. The third-order valence-electron chi connectivity index (χ3n) is 1.26. The predicted molar refractivity (Wildman–Crippen MR) is 33.6 cm³/mol. The Bertz CT molecular complexity index is 93.1. The third-order valence-corrected chi connectivity index (χ3v) is 1.26. The first-order chi connectivity index (χ1) is 4.20. The summed E-state index contributed by atoms with van der Waals surface area (Å²) in [5.41, 5.74) is 3.74. The van der Waals surface area contributed by atoms with Crippen LogP contribution in [0.4, 0.5) is 0 Å². The number of carbonyl (C=O) groups excluding carboxylic acids is 1. The molecule has 0 aromatic carbocycles. The molecule has 9 heavy (non-hydrogen) atoms. The SMILES string of the molecule is CC[C@@H]([NH3+])CC(=O)OC. The van der Waals surface area contributed by atoms with Crippen LogP contribution in [0.1, 0.15) is 19.8 Å². The Labute approximate surface area is 55.2 Å². The van der Waals surface area contributed by atoms with Crippen LogP contribution in [0.25, 0.3) is 0 Å². The summed E-state index contributed by atoms with van der Waals surface area (Å²) < 4.78 is 4.44. The van der Waals surface area contributed by atoms with Crippen molar-refractivity contribution in [2.45, 2.75) is 25.8 Å². The highest BCUT2D eigenvalue weighted by atomic mass is 16.5. The third kappa shape index (κ3) is 3.97.